The smallest absolute Gasteiger partial charge is 0.251 e. The molecule has 0 unspecified atom stereocenters. The van der Waals surface area contributed by atoms with Crippen LogP contribution >= 0.6 is 0 Å². The van der Waals surface area contributed by atoms with Crippen LogP contribution in [0.5, 0.6) is 5.75 Å². The molecule has 0 fully saturated rings. The first-order valence-corrected chi connectivity index (χ1v) is 10.0. The van der Waals surface area contributed by atoms with Crippen LogP contribution in [0.2, 0.25) is 0 Å². The van der Waals surface area contributed by atoms with E-state index in [-0.39, 0.29) is 12.0 Å². The summed E-state index contributed by atoms with van der Waals surface area (Å²) in [5.74, 6) is 2.57. The molecule has 1 aliphatic rings. The van der Waals surface area contributed by atoms with Crippen LogP contribution in [-0.2, 0) is 19.5 Å². The number of carbonyl (C=O) groups is 1. The molecule has 1 aromatic heterocycles. The molecular weight excluding hydrogens is 350 g/mol. The SMILES string of the molecule is CC(C)Oc1ccc(CNC(=O)c2ccc3c(c2)nc2n3CC[C@H](C)C2)cc1. The first-order chi connectivity index (χ1) is 13.5. The Hall–Kier alpha value is -2.82. The molecule has 0 aliphatic carbocycles. The van der Waals surface area contributed by atoms with Crippen LogP contribution in [0.3, 0.4) is 0 Å². The number of rotatable bonds is 5. The van der Waals surface area contributed by atoms with Crippen LogP contribution in [0.4, 0.5) is 0 Å². The lowest BCUT2D eigenvalue weighted by molar-refractivity contribution is 0.0951. The second kappa shape index (κ2) is 7.66. The summed E-state index contributed by atoms with van der Waals surface area (Å²) in [4.78, 5) is 17.4. The molecule has 0 radical (unpaired) electrons. The van der Waals surface area contributed by atoms with Crippen molar-refractivity contribution in [2.75, 3.05) is 0 Å². The fraction of sp³-hybridized carbons (Fsp3) is 0.391. The average Bonchev–Trinajstić information content (AvgIpc) is 3.03. The molecule has 146 valence electrons. The van der Waals surface area contributed by atoms with Gasteiger partial charge in [0.2, 0.25) is 0 Å². The summed E-state index contributed by atoms with van der Waals surface area (Å²) in [6.45, 7) is 7.76. The molecule has 28 heavy (non-hydrogen) atoms. The van der Waals surface area contributed by atoms with Crippen molar-refractivity contribution in [3.63, 3.8) is 0 Å². The number of hydrogen-bond acceptors (Lipinski definition) is 3. The number of imidazole rings is 1. The Kier molecular flexibility index (Phi) is 5.07. The minimum absolute atomic E-state index is 0.0799. The highest BCUT2D eigenvalue weighted by atomic mass is 16.5. The minimum Gasteiger partial charge on any atom is -0.491 e. The number of ether oxygens (including phenoxy) is 1. The third-order valence-corrected chi connectivity index (χ3v) is 5.21. The van der Waals surface area contributed by atoms with E-state index in [1.54, 1.807) is 0 Å². The summed E-state index contributed by atoms with van der Waals surface area (Å²) in [5.41, 5.74) is 3.72. The Morgan fingerprint density at radius 2 is 2.04 bits per heavy atom. The Morgan fingerprint density at radius 3 is 2.79 bits per heavy atom. The van der Waals surface area contributed by atoms with E-state index < -0.39 is 0 Å². The average molecular weight is 377 g/mol. The van der Waals surface area contributed by atoms with Crippen molar-refractivity contribution >= 4 is 16.9 Å². The number of nitrogens with zero attached hydrogens (tertiary/aromatic N) is 2. The van der Waals surface area contributed by atoms with Crippen molar-refractivity contribution in [3.05, 3.63) is 59.4 Å². The summed E-state index contributed by atoms with van der Waals surface area (Å²) in [5, 5.41) is 2.99. The third kappa shape index (κ3) is 3.88. The van der Waals surface area contributed by atoms with E-state index >= 15 is 0 Å². The van der Waals surface area contributed by atoms with Gasteiger partial charge in [-0.05, 0) is 62.1 Å². The van der Waals surface area contributed by atoms with Crippen LogP contribution in [0.1, 0.15) is 48.9 Å². The molecule has 0 saturated carbocycles. The molecule has 5 heteroatoms. The third-order valence-electron chi connectivity index (χ3n) is 5.21. The fourth-order valence-corrected chi connectivity index (χ4v) is 3.73. The topological polar surface area (TPSA) is 56.1 Å². The number of aromatic nitrogens is 2. The molecule has 1 atom stereocenters. The highest BCUT2D eigenvalue weighted by Gasteiger charge is 2.19. The van der Waals surface area contributed by atoms with E-state index in [2.05, 4.69) is 16.8 Å². The lowest BCUT2D eigenvalue weighted by Gasteiger charge is -2.19. The van der Waals surface area contributed by atoms with Crippen LogP contribution in [0.15, 0.2) is 42.5 Å². The highest BCUT2D eigenvalue weighted by molar-refractivity contribution is 5.97. The molecule has 1 N–H and O–H groups in total. The molecule has 0 spiro atoms. The van der Waals surface area contributed by atoms with E-state index in [1.165, 1.54) is 6.42 Å². The van der Waals surface area contributed by atoms with Crippen molar-refractivity contribution < 1.29 is 9.53 Å². The molecule has 2 heterocycles. The van der Waals surface area contributed by atoms with Gasteiger partial charge < -0.3 is 14.6 Å². The number of fused-ring (bicyclic) bond motifs is 3. The van der Waals surface area contributed by atoms with E-state index in [4.69, 9.17) is 9.72 Å². The van der Waals surface area contributed by atoms with Gasteiger partial charge in [-0.3, -0.25) is 4.79 Å². The first-order valence-electron chi connectivity index (χ1n) is 10.0. The summed E-state index contributed by atoms with van der Waals surface area (Å²) >= 11 is 0. The van der Waals surface area contributed by atoms with Gasteiger partial charge in [-0.1, -0.05) is 19.1 Å². The zero-order valence-corrected chi connectivity index (χ0v) is 16.7. The molecule has 3 aromatic rings. The van der Waals surface area contributed by atoms with Gasteiger partial charge in [0.25, 0.3) is 5.91 Å². The molecular formula is C23H27N3O2. The maximum Gasteiger partial charge on any atom is 0.251 e. The van der Waals surface area contributed by atoms with Gasteiger partial charge in [-0.25, -0.2) is 4.98 Å². The van der Waals surface area contributed by atoms with E-state index in [1.807, 2.05) is 56.3 Å². The lowest BCUT2D eigenvalue weighted by atomic mass is 10.0. The molecule has 0 bridgehead atoms. The molecule has 4 rings (SSSR count). The van der Waals surface area contributed by atoms with Crippen LogP contribution in [0.25, 0.3) is 11.0 Å². The zero-order valence-electron chi connectivity index (χ0n) is 16.7. The fourth-order valence-electron chi connectivity index (χ4n) is 3.73. The van der Waals surface area contributed by atoms with Crippen molar-refractivity contribution in [2.45, 2.75) is 52.8 Å². The highest BCUT2D eigenvalue weighted by Crippen LogP contribution is 2.26. The Morgan fingerprint density at radius 1 is 1.25 bits per heavy atom. The Balaban J connectivity index is 1.44. The largest absolute Gasteiger partial charge is 0.491 e. The molecule has 5 nitrogen and oxygen atoms in total. The Labute approximate surface area is 165 Å². The number of amides is 1. The number of nitrogens with one attached hydrogen (secondary N) is 1. The maximum absolute atomic E-state index is 12.6. The summed E-state index contributed by atoms with van der Waals surface area (Å²) in [6.07, 6.45) is 2.34. The normalized spacial score (nSPS) is 16.2. The van der Waals surface area contributed by atoms with Gasteiger partial charge in [0.1, 0.15) is 11.6 Å². The zero-order chi connectivity index (χ0) is 19.7. The molecule has 1 aliphatic heterocycles. The van der Waals surface area contributed by atoms with Crippen molar-refractivity contribution in [1.82, 2.24) is 14.9 Å². The standard InChI is InChI=1S/C23H27N3O2/c1-15(2)28-19-7-4-17(5-8-19)14-24-23(27)18-6-9-21-20(13-18)25-22-12-16(3)10-11-26(21)22/h4-9,13,15-16H,10-12,14H2,1-3H3,(H,24,27)/t16-/m0/s1. The lowest BCUT2D eigenvalue weighted by Crippen LogP contribution is -2.22. The van der Waals surface area contributed by atoms with Gasteiger partial charge in [-0.2, -0.15) is 0 Å². The first kappa shape index (κ1) is 18.5. The maximum atomic E-state index is 12.6. The number of aryl methyl sites for hydroxylation is 1. The van der Waals surface area contributed by atoms with Crippen molar-refractivity contribution in [2.24, 2.45) is 5.92 Å². The summed E-state index contributed by atoms with van der Waals surface area (Å²) < 4.78 is 7.94. The van der Waals surface area contributed by atoms with Gasteiger partial charge in [0.05, 0.1) is 17.1 Å². The minimum atomic E-state index is -0.0799. The quantitative estimate of drug-likeness (QED) is 0.720. The van der Waals surface area contributed by atoms with Gasteiger partial charge in [0.15, 0.2) is 0 Å². The Bertz CT molecular complexity index is 989. The molecule has 1 amide bonds. The molecule has 2 aromatic carbocycles. The summed E-state index contributed by atoms with van der Waals surface area (Å²) in [7, 11) is 0. The van der Waals surface area contributed by atoms with Crippen LogP contribution in [-0.4, -0.2) is 21.6 Å². The van der Waals surface area contributed by atoms with Crippen molar-refractivity contribution in [1.29, 1.82) is 0 Å². The van der Waals surface area contributed by atoms with Crippen molar-refractivity contribution in [3.8, 4) is 5.75 Å². The van der Waals surface area contributed by atoms with Gasteiger partial charge in [-0.15, -0.1) is 0 Å². The van der Waals surface area contributed by atoms with E-state index in [0.717, 1.165) is 41.1 Å². The second-order valence-corrected chi connectivity index (χ2v) is 7.97. The molecule has 0 saturated heterocycles. The second-order valence-electron chi connectivity index (χ2n) is 7.97. The van der Waals surface area contributed by atoms with Crippen LogP contribution < -0.4 is 10.1 Å². The van der Waals surface area contributed by atoms with Crippen LogP contribution in [0, 0.1) is 5.92 Å². The van der Waals surface area contributed by atoms with E-state index in [0.29, 0.717) is 18.0 Å². The van der Waals surface area contributed by atoms with Gasteiger partial charge >= 0.3 is 0 Å². The monoisotopic (exact) mass is 377 g/mol. The summed E-state index contributed by atoms with van der Waals surface area (Å²) in [6, 6.07) is 13.6. The predicted octanol–water partition coefficient (Wildman–Crippen LogP) is 4.34. The van der Waals surface area contributed by atoms with E-state index in [9.17, 15) is 4.79 Å². The number of hydrogen-bond donors (Lipinski definition) is 1. The number of benzene rings is 2. The predicted molar refractivity (Wildman–Crippen MR) is 111 cm³/mol. The van der Waals surface area contributed by atoms with Gasteiger partial charge in [0, 0.05) is 25.1 Å². The number of carbonyl (C=O) groups excluding carboxylic acids is 1.